The maximum atomic E-state index is 12.8. The first-order valence-electron chi connectivity index (χ1n) is 9.08. The van der Waals surface area contributed by atoms with Crippen LogP contribution in [0.1, 0.15) is 20.7 Å². The molecule has 31 heavy (non-hydrogen) atoms. The molecule has 0 bridgehead atoms. The maximum Gasteiger partial charge on any atom is 0.271 e. The number of nitrogens with one attached hydrogen (secondary N) is 2. The maximum absolute atomic E-state index is 12.8. The van der Waals surface area contributed by atoms with Crippen LogP contribution in [0.5, 0.6) is 5.75 Å². The topological polar surface area (TPSA) is 105 Å². The van der Waals surface area contributed by atoms with Crippen molar-refractivity contribution in [2.75, 3.05) is 31.2 Å². The third-order valence-corrected chi connectivity index (χ3v) is 7.02. The Bertz CT molecular complexity index is 1210. The SMILES string of the molecule is COc1ccc(C(=O)N(C)C)cc1NC(=O)c1cccc(NS(=O)(=O)c2cccs2)c1. The minimum Gasteiger partial charge on any atom is -0.495 e. The van der Waals surface area contributed by atoms with Crippen LogP contribution in [-0.2, 0) is 10.0 Å². The number of ether oxygens (including phenoxy) is 1. The monoisotopic (exact) mass is 459 g/mol. The summed E-state index contributed by atoms with van der Waals surface area (Å²) in [5, 5.41) is 4.39. The lowest BCUT2D eigenvalue weighted by Gasteiger charge is -2.15. The quantitative estimate of drug-likeness (QED) is 0.563. The van der Waals surface area contributed by atoms with Crippen molar-refractivity contribution in [3.8, 4) is 5.75 Å². The molecule has 0 aliphatic rings. The van der Waals surface area contributed by atoms with E-state index in [0.717, 1.165) is 11.3 Å². The number of benzene rings is 2. The molecule has 0 aliphatic carbocycles. The average Bonchev–Trinajstić information content (AvgIpc) is 3.29. The Balaban J connectivity index is 1.84. The van der Waals surface area contributed by atoms with Crippen LogP contribution in [-0.4, -0.2) is 46.3 Å². The largest absolute Gasteiger partial charge is 0.495 e. The fraction of sp³-hybridized carbons (Fsp3) is 0.143. The molecule has 2 N–H and O–H groups in total. The molecule has 1 heterocycles. The highest BCUT2D eigenvalue weighted by molar-refractivity contribution is 7.94. The van der Waals surface area contributed by atoms with Crippen molar-refractivity contribution in [1.82, 2.24) is 4.90 Å². The van der Waals surface area contributed by atoms with Crippen LogP contribution in [0.4, 0.5) is 11.4 Å². The van der Waals surface area contributed by atoms with E-state index in [1.165, 1.54) is 30.2 Å². The Morgan fingerprint density at radius 1 is 1.00 bits per heavy atom. The summed E-state index contributed by atoms with van der Waals surface area (Å²) in [6, 6.07) is 14.0. The molecule has 2 amide bonds. The zero-order valence-corrected chi connectivity index (χ0v) is 18.7. The van der Waals surface area contributed by atoms with Gasteiger partial charge in [-0.2, -0.15) is 0 Å². The minimum absolute atomic E-state index is 0.175. The second-order valence-electron chi connectivity index (χ2n) is 6.69. The third kappa shape index (κ3) is 5.22. The fourth-order valence-electron chi connectivity index (χ4n) is 2.74. The molecule has 0 atom stereocenters. The summed E-state index contributed by atoms with van der Waals surface area (Å²) in [6.07, 6.45) is 0. The van der Waals surface area contributed by atoms with E-state index < -0.39 is 15.9 Å². The standard InChI is InChI=1S/C21H21N3O5S2/c1-24(2)21(26)15-9-10-18(29-3)17(13-15)22-20(25)14-6-4-7-16(12-14)23-31(27,28)19-8-5-11-30-19/h4-13,23H,1-3H3,(H,22,25). The van der Waals surface area contributed by atoms with Crippen molar-refractivity contribution < 1.29 is 22.7 Å². The van der Waals surface area contributed by atoms with Gasteiger partial charge in [-0.15, -0.1) is 11.3 Å². The van der Waals surface area contributed by atoms with E-state index in [4.69, 9.17) is 4.74 Å². The van der Waals surface area contributed by atoms with Crippen LogP contribution in [0, 0.1) is 0 Å². The van der Waals surface area contributed by atoms with Crippen molar-refractivity contribution in [1.29, 1.82) is 0 Å². The van der Waals surface area contributed by atoms with Crippen LogP contribution in [0.15, 0.2) is 64.2 Å². The molecule has 0 unspecified atom stereocenters. The van der Waals surface area contributed by atoms with Gasteiger partial charge in [0.25, 0.3) is 21.8 Å². The van der Waals surface area contributed by atoms with Gasteiger partial charge in [0.05, 0.1) is 12.8 Å². The van der Waals surface area contributed by atoms with E-state index in [1.807, 2.05) is 0 Å². The zero-order valence-electron chi connectivity index (χ0n) is 17.1. The second kappa shape index (κ2) is 9.19. The van der Waals surface area contributed by atoms with Crippen molar-refractivity contribution in [3.63, 3.8) is 0 Å². The lowest BCUT2D eigenvalue weighted by atomic mass is 10.1. The molecule has 0 saturated carbocycles. The molecule has 0 radical (unpaired) electrons. The lowest BCUT2D eigenvalue weighted by Crippen LogP contribution is -2.22. The van der Waals surface area contributed by atoms with Gasteiger partial charge in [-0.25, -0.2) is 8.42 Å². The van der Waals surface area contributed by atoms with E-state index in [-0.39, 0.29) is 21.4 Å². The Morgan fingerprint density at radius 2 is 1.77 bits per heavy atom. The molecule has 8 nitrogen and oxygen atoms in total. The lowest BCUT2D eigenvalue weighted by molar-refractivity contribution is 0.0827. The molecule has 162 valence electrons. The summed E-state index contributed by atoms with van der Waals surface area (Å²) in [5.74, 6) is -0.314. The molecule has 1 aromatic heterocycles. The summed E-state index contributed by atoms with van der Waals surface area (Å²) in [6.45, 7) is 0. The number of methoxy groups -OCH3 is 1. The highest BCUT2D eigenvalue weighted by atomic mass is 32.2. The predicted molar refractivity (Wildman–Crippen MR) is 121 cm³/mol. The Morgan fingerprint density at radius 3 is 2.42 bits per heavy atom. The average molecular weight is 460 g/mol. The molecule has 0 fully saturated rings. The van der Waals surface area contributed by atoms with E-state index >= 15 is 0 Å². The van der Waals surface area contributed by atoms with Crippen LogP contribution < -0.4 is 14.8 Å². The molecule has 0 spiro atoms. The summed E-state index contributed by atoms with van der Waals surface area (Å²) in [5.41, 5.74) is 1.20. The van der Waals surface area contributed by atoms with Gasteiger partial charge in [-0.05, 0) is 47.8 Å². The second-order valence-corrected chi connectivity index (χ2v) is 9.54. The van der Waals surface area contributed by atoms with Gasteiger partial charge in [0.1, 0.15) is 9.96 Å². The summed E-state index contributed by atoms with van der Waals surface area (Å²) in [7, 11) is 0.991. The normalized spacial score (nSPS) is 10.9. The van der Waals surface area contributed by atoms with Gasteiger partial charge in [-0.3, -0.25) is 14.3 Å². The summed E-state index contributed by atoms with van der Waals surface area (Å²) < 4.78 is 32.8. The van der Waals surface area contributed by atoms with E-state index in [9.17, 15) is 18.0 Å². The van der Waals surface area contributed by atoms with Crippen molar-refractivity contribution in [3.05, 3.63) is 71.1 Å². The first-order chi connectivity index (χ1) is 14.7. The van der Waals surface area contributed by atoms with Gasteiger partial charge in [-0.1, -0.05) is 12.1 Å². The van der Waals surface area contributed by atoms with Crippen LogP contribution in [0.2, 0.25) is 0 Å². The zero-order chi connectivity index (χ0) is 22.6. The highest BCUT2D eigenvalue weighted by Crippen LogP contribution is 2.27. The van der Waals surface area contributed by atoms with Gasteiger partial charge >= 0.3 is 0 Å². The highest BCUT2D eigenvalue weighted by Gasteiger charge is 2.17. The number of hydrogen-bond acceptors (Lipinski definition) is 6. The number of anilines is 2. The van der Waals surface area contributed by atoms with Crippen molar-refractivity contribution in [2.24, 2.45) is 0 Å². The van der Waals surface area contributed by atoms with Crippen molar-refractivity contribution in [2.45, 2.75) is 4.21 Å². The van der Waals surface area contributed by atoms with E-state index in [0.29, 0.717) is 17.0 Å². The predicted octanol–water partition coefficient (Wildman–Crippen LogP) is 3.51. The van der Waals surface area contributed by atoms with Crippen molar-refractivity contribution >= 4 is 44.5 Å². The fourth-order valence-corrected chi connectivity index (χ4v) is 4.78. The third-order valence-electron chi connectivity index (χ3n) is 4.24. The van der Waals surface area contributed by atoms with Gasteiger partial charge < -0.3 is 15.0 Å². The first-order valence-corrected chi connectivity index (χ1v) is 11.4. The number of carbonyl (C=O) groups is 2. The summed E-state index contributed by atoms with van der Waals surface area (Å²) in [4.78, 5) is 26.5. The number of thiophene rings is 1. The van der Waals surface area contributed by atoms with Crippen LogP contribution >= 0.6 is 11.3 Å². The van der Waals surface area contributed by atoms with E-state index in [1.54, 1.807) is 55.9 Å². The van der Waals surface area contributed by atoms with Gasteiger partial charge in [0, 0.05) is 30.9 Å². The van der Waals surface area contributed by atoms with Gasteiger partial charge in [0.2, 0.25) is 0 Å². The number of hydrogen-bond donors (Lipinski definition) is 2. The Kier molecular flexibility index (Phi) is 6.62. The molecule has 0 aliphatic heterocycles. The molecular weight excluding hydrogens is 438 g/mol. The minimum atomic E-state index is -3.73. The first kappa shape index (κ1) is 22.3. The Hall–Kier alpha value is -3.37. The smallest absolute Gasteiger partial charge is 0.271 e. The van der Waals surface area contributed by atoms with E-state index in [2.05, 4.69) is 10.0 Å². The molecule has 10 heteroatoms. The number of rotatable bonds is 7. The molecular formula is C21H21N3O5S2. The number of carbonyl (C=O) groups excluding carboxylic acids is 2. The van der Waals surface area contributed by atoms with Gasteiger partial charge in [0.15, 0.2) is 0 Å². The van der Waals surface area contributed by atoms with Crippen LogP contribution in [0.25, 0.3) is 0 Å². The Labute approximate surface area is 184 Å². The number of amides is 2. The number of sulfonamides is 1. The molecule has 3 aromatic rings. The number of nitrogens with zero attached hydrogens (tertiary/aromatic N) is 1. The molecule has 2 aromatic carbocycles. The molecule has 0 saturated heterocycles. The summed E-state index contributed by atoms with van der Waals surface area (Å²) >= 11 is 1.10. The van der Waals surface area contributed by atoms with Crippen LogP contribution in [0.3, 0.4) is 0 Å². The molecule has 3 rings (SSSR count).